The second-order valence-electron chi connectivity index (χ2n) is 7.07. The number of carboxylic acid groups (broad SMARTS) is 1. The summed E-state index contributed by atoms with van der Waals surface area (Å²) in [4.78, 5) is 35.2. The number of carbonyl (C=O) groups excluding carboxylic acids is 1. The summed E-state index contributed by atoms with van der Waals surface area (Å²) in [6.45, 7) is -0.0655. The standard InChI is InChI=1S/C23H15Cl2F2NO5/c24-16-7-12(1-3-18(16)26)5-14-6-15(20(29)9-21(30)23(32)33)22(31)28(11-14)10-13-2-4-19(27)17(25)8-13/h1-4,6-9,11,29H,5,10H2,(H,32,33). The van der Waals surface area contributed by atoms with E-state index in [2.05, 4.69) is 0 Å². The Kier molecular flexibility index (Phi) is 7.30. The van der Waals surface area contributed by atoms with Crippen molar-refractivity contribution in [2.24, 2.45) is 0 Å². The van der Waals surface area contributed by atoms with Crippen LogP contribution >= 0.6 is 23.2 Å². The molecule has 2 aromatic carbocycles. The number of aliphatic hydroxyl groups excluding tert-OH is 1. The first-order chi connectivity index (χ1) is 15.5. The van der Waals surface area contributed by atoms with E-state index in [4.69, 9.17) is 28.3 Å². The van der Waals surface area contributed by atoms with Crippen molar-refractivity contribution >= 4 is 40.7 Å². The quantitative estimate of drug-likeness (QED) is 0.284. The second kappa shape index (κ2) is 9.97. The molecule has 0 bridgehead atoms. The van der Waals surface area contributed by atoms with Gasteiger partial charge in [0.05, 0.1) is 22.2 Å². The fourth-order valence-electron chi connectivity index (χ4n) is 3.08. The van der Waals surface area contributed by atoms with Crippen molar-refractivity contribution in [1.82, 2.24) is 4.57 Å². The molecule has 0 fully saturated rings. The SMILES string of the molecule is O=C(O)C(=O)C=C(O)c1cc(Cc2ccc(F)c(Cl)c2)cn(Cc2ccc(F)c(Cl)c2)c1=O. The Bertz CT molecular complexity index is 1350. The van der Waals surface area contributed by atoms with Gasteiger partial charge >= 0.3 is 5.97 Å². The number of ketones is 1. The van der Waals surface area contributed by atoms with Gasteiger partial charge in [0.2, 0.25) is 0 Å². The fraction of sp³-hybridized carbons (Fsp3) is 0.0870. The number of nitrogens with zero attached hydrogens (tertiary/aromatic N) is 1. The molecule has 3 rings (SSSR count). The van der Waals surface area contributed by atoms with Gasteiger partial charge in [0.15, 0.2) is 0 Å². The van der Waals surface area contributed by atoms with Crippen molar-refractivity contribution in [2.45, 2.75) is 13.0 Å². The Morgan fingerprint density at radius 2 is 1.48 bits per heavy atom. The van der Waals surface area contributed by atoms with E-state index in [1.165, 1.54) is 47.2 Å². The van der Waals surface area contributed by atoms with Gasteiger partial charge in [-0.25, -0.2) is 13.6 Å². The van der Waals surface area contributed by atoms with Crippen molar-refractivity contribution in [1.29, 1.82) is 0 Å². The van der Waals surface area contributed by atoms with Crippen LogP contribution in [0.15, 0.2) is 59.5 Å². The minimum absolute atomic E-state index is 0.0655. The van der Waals surface area contributed by atoms with Crippen LogP contribution in [-0.4, -0.2) is 26.5 Å². The number of aliphatic carboxylic acids is 1. The highest BCUT2D eigenvalue weighted by molar-refractivity contribution is 6.38. The minimum Gasteiger partial charge on any atom is -0.507 e. The average Bonchev–Trinajstić information content (AvgIpc) is 2.75. The number of hydrogen-bond acceptors (Lipinski definition) is 4. The molecule has 1 aromatic heterocycles. The Hall–Kier alpha value is -3.49. The maximum atomic E-state index is 13.5. The van der Waals surface area contributed by atoms with E-state index < -0.39 is 34.7 Å². The highest BCUT2D eigenvalue weighted by Gasteiger charge is 2.16. The molecule has 0 aliphatic heterocycles. The van der Waals surface area contributed by atoms with Crippen LogP contribution < -0.4 is 5.56 Å². The number of halogens is 4. The third-order valence-corrected chi connectivity index (χ3v) is 5.21. The van der Waals surface area contributed by atoms with Gasteiger partial charge < -0.3 is 14.8 Å². The van der Waals surface area contributed by atoms with Gasteiger partial charge in [-0.1, -0.05) is 35.3 Å². The number of aromatic nitrogens is 1. The van der Waals surface area contributed by atoms with E-state index in [1.54, 1.807) is 0 Å². The smallest absolute Gasteiger partial charge is 0.376 e. The number of carboxylic acids is 1. The van der Waals surface area contributed by atoms with Gasteiger partial charge in [-0.15, -0.1) is 0 Å². The van der Waals surface area contributed by atoms with E-state index >= 15 is 0 Å². The highest BCUT2D eigenvalue weighted by atomic mass is 35.5. The molecule has 6 nitrogen and oxygen atoms in total. The number of rotatable bonds is 7. The van der Waals surface area contributed by atoms with Gasteiger partial charge in [-0.05, 0) is 53.4 Å². The summed E-state index contributed by atoms with van der Waals surface area (Å²) >= 11 is 11.6. The summed E-state index contributed by atoms with van der Waals surface area (Å²) in [6.07, 6.45) is 2.06. The molecule has 0 atom stereocenters. The Morgan fingerprint density at radius 3 is 2.06 bits per heavy atom. The minimum atomic E-state index is -1.81. The normalized spacial score (nSPS) is 11.5. The molecule has 33 heavy (non-hydrogen) atoms. The summed E-state index contributed by atoms with van der Waals surface area (Å²) in [5, 5.41) is 18.8. The Morgan fingerprint density at radius 1 is 0.909 bits per heavy atom. The van der Waals surface area contributed by atoms with Gasteiger partial charge in [0, 0.05) is 12.3 Å². The van der Waals surface area contributed by atoms with E-state index in [-0.39, 0.29) is 28.6 Å². The Labute approximate surface area is 195 Å². The molecule has 0 unspecified atom stereocenters. The molecular formula is C23H15Cl2F2NO5. The van der Waals surface area contributed by atoms with Gasteiger partial charge in [0.25, 0.3) is 11.3 Å². The highest BCUT2D eigenvalue weighted by Crippen LogP contribution is 2.21. The molecule has 0 saturated carbocycles. The lowest BCUT2D eigenvalue weighted by Gasteiger charge is -2.13. The lowest BCUT2D eigenvalue weighted by Crippen LogP contribution is -2.25. The molecule has 0 spiro atoms. The largest absolute Gasteiger partial charge is 0.507 e. The summed E-state index contributed by atoms with van der Waals surface area (Å²) in [6, 6.07) is 9.24. The number of benzene rings is 2. The maximum Gasteiger partial charge on any atom is 0.376 e. The van der Waals surface area contributed by atoms with Crippen LogP contribution in [0.25, 0.3) is 5.76 Å². The zero-order chi connectivity index (χ0) is 24.3. The average molecular weight is 494 g/mol. The van der Waals surface area contributed by atoms with Crippen molar-refractivity contribution in [3.63, 3.8) is 0 Å². The van der Waals surface area contributed by atoms with E-state index in [0.717, 1.165) is 6.07 Å². The summed E-state index contributed by atoms with van der Waals surface area (Å²) < 4.78 is 28.2. The maximum absolute atomic E-state index is 13.5. The zero-order valence-corrected chi connectivity index (χ0v) is 18.2. The molecule has 3 aromatic rings. The molecule has 0 saturated heterocycles. The predicted octanol–water partition coefficient (Wildman–Crippen LogP) is 4.63. The van der Waals surface area contributed by atoms with Crippen LogP contribution in [-0.2, 0) is 22.6 Å². The number of aliphatic hydroxyl groups is 1. The van der Waals surface area contributed by atoms with Crippen LogP contribution in [0.2, 0.25) is 10.0 Å². The third kappa shape index (κ3) is 5.85. The van der Waals surface area contributed by atoms with Crippen molar-refractivity contribution in [3.8, 4) is 0 Å². The molecule has 0 amide bonds. The summed E-state index contributed by atoms with van der Waals surface area (Å²) in [5.74, 6) is -5.30. The van der Waals surface area contributed by atoms with Crippen molar-refractivity contribution in [2.75, 3.05) is 0 Å². The number of pyridine rings is 1. The topological polar surface area (TPSA) is 96.6 Å². The molecule has 0 radical (unpaired) electrons. The molecular weight excluding hydrogens is 479 g/mol. The Balaban J connectivity index is 2.10. The number of hydrogen-bond donors (Lipinski definition) is 2. The van der Waals surface area contributed by atoms with Crippen molar-refractivity contribution < 1.29 is 28.6 Å². The summed E-state index contributed by atoms with van der Waals surface area (Å²) in [7, 11) is 0. The zero-order valence-electron chi connectivity index (χ0n) is 16.7. The van der Waals surface area contributed by atoms with E-state index in [0.29, 0.717) is 22.8 Å². The molecule has 0 aliphatic rings. The van der Waals surface area contributed by atoms with Gasteiger partial charge in [0.1, 0.15) is 17.4 Å². The van der Waals surface area contributed by atoms with Gasteiger partial charge in [-0.2, -0.15) is 0 Å². The molecule has 2 N–H and O–H groups in total. The predicted molar refractivity (Wildman–Crippen MR) is 119 cm³/mol. The third-order valence-electron chi connectivity index (χ3n) is 4.63. The second-order valence-corrected chi connectivity index (χ2v) is 7.88. The first-order valence-corrected chi connectivity index (χ1v) is 10.1. The molecule has 1 heterocycles. The monoisotopic (exact) mass is 493 g/mol. The molecule has 10 heteroatoms. The van der Waals surface area contributed by atoms with E-state index in [1.807, 2.05) is 0 Å². The fourth-order valence-corrected chi connectivity index (χ4v) is 3.49. The van der Waals surface area contributed by atoms with Crippen LogP contribution in [0.1, 0.15) is 22.3 Å². The lowest BCUT2D eigenvalue weighted by molar-refractivity contribution is -0.146. The van der Waals surface area contributed by atoms with Gasteiger partial charge in [-0.3, -0.25) is 9.59 Å². The first-order valence-electron chi connectivity index (χ1n) is 9.34. The van der Waals surface area contributed by atoms with Crippen LogP contribution in [0.3, 0.4) is 0 Å². The van der Waals surface area contributed by atoms with Crippen molar-refractivity contribution in [3.05, 3.63) is 109 Å². The molecule has 0 aliphatic carbocycles. The van der Waals surface area contributed by atoms with Crippen LogP contribution in [0.5, 0.6) is 0 Å². The molecule has 170 valence electrons. The first kappa shape index (κ1) is 24.2. The summed E-state index contributed by atoms with van der Waals surface area (Å²) in [5.41, 5.74) is 0.462. The lowest BCUT2D eigenvalue weighted by atomic mass is 10.0. The van der Waals surface area contributed by atoms with Crippen LogP contribution in [0.4, 0.5) is 8.78 Å². The van der Waals surface area contributed by atoms with Crippen LogP contribution in [0, 0.1) is 11.6 Å². The van der Waals surface area contributed by atoms with E-state index in [9.17, 15) is 28.3 Å². The number of carbonyl (C=O) groups is 2.